The molecule has 2 aromatic rings. The van der Waals surface area contributed by atoms with Crippen molar-refractivity contribution in [3.05, 3.63) is 57.4 Å². The Morgan fingerprint density at radius 2 is 2.04 bits per heavy atom. The lowest BCUT2D eigenvalue weighted by Gasteiger charge is -2.18. The van der Waals surface area contributed by atoms with Gasteiger partial charge in [-0.25, -0.2) is 4.39 Å². The van der Waals surface area contributed by atoms with E-state index >= 15 is 0 Å². The second-order valence-electron chi connectivity index (χ2n) is 5.71. The number of hydrogen-bond acceptors (Lipinski definition) is 5. The topological polar surface area (TPSA) is 95.8 Å². The van der Waals surface area contributed by atoms with Gasteiger partial charge in [0.05, 0.1) is 11.8 Å². The molecule has 6 nitrogen and oxygen atoms in total. The summed E-state index contributed by atoms with van der Waals surface area (Å²) >= 11 is 1.99. The van der Waals surface area contributed by atoms with E-state index in [1.807, 2.05) is 22.6 Å². The fourth-order valence-electron chi connectivity index (χ4n) is 2.52. The van der Waals surface area contributed by atoms with E-state index in [0.29, 0.717) is 5.56 Å². The zero-order chi connectivity index (χ0) is 18.9. The Morgan fingerprint density at radius 1 is 1.27 bits per heavy atom. The first kappa shape index (κ1) is 18.9. The Hall–Kier alpha value is -1.85. The van der Waals surface area contributed by atoms with E-state index in [1.54, 1.807) is 18.2 Å². The molecular formula is C17H14FIN2O4S. The van der Waals surface area contributed by atoms with E-state index < -0.39 is 27.7 Å². The summed E-state index contributed by atoms with van der Waals surface area (Å²) in [5.74, 6) is -1.32. The standard InChI is InChI=1S/C17H14FIN2O4S/c18-11-3-1-2-10(8-11)14(22)6-7-15(23)17-20-13-5-4-12(19)9-16(13)26(24,25)21-17/h1-5,8-9,14,22H,6-7H2,(H,20,21). The normalized spacial score (nSPS) is 16.2. The Labute approximate surface area is 163 Å². The Kier molecular flexibility index (Phi) is 5.39. The van der Waals surface area contributed by atoms with Gasteiger partial charge >= 0.3 is 0 Å². The van der Waals surface area contributed by atoms with Crippen LogP contribution in [-0.4, -0.2) is 25.1 Å². The molecule has 2 N–H and O–H groups in total. The Balaban J connectivity index is 1.73. The van der Waals surface area contributed by atoms with Crippen LogP contribution in [0.2, 0.25) is 0 Å². The SMILES string of the molecule is O=C(CCC(O)c1cccc(F)c1)C1=NS(=O)(=O)c2cc(I)ccc2N1. The molecule has 136 valence electrons. The van der Waals surface area contributed by atoms with Crippen molar-refractivity contribution in [1.29, 1.82) is 0 Å². The first-order valence-electron chi connectivity index (χ1n) is 7.64. The molecule has 0 saturated heterocycles. The summed E-state index contributed by atoms with van der Waals surface area (Å²) in [6.45, 7) is 0. The number of carbonyl (C=O) groups excluding carboxylic acids is 1. The van der Waals surface area contributed by atoms with Crippen LogP contribution < -0.4 is 5.32 Å². The van der Waals surface area contributed by atoms with Crippen LogP contribution in [0.4, 0.5) is 10.1 Å². The molecule has 2 aromatic carbocycles. The third-order valence-corrected chi connectivity index (χ3v) is 5.82. The summed E-state index contributed by atoms with van der Waals surface area (Å²) in [5.41, 5.74) is 0.637. The number of nitrogens with one attached hydrogen (secondary N) is 1. The molecule has 26 heavy (non-hydrogen) atoms. The van der Waals surface area contributed by atoms with E-state index in [-0.39, 0.29) is 29.3 Å². The number of Topliss-reactive ketones (excluding diaryl/α,β-unsaturated/α-hetero) is 1. The predicted molar refractivity (Wildman–Crippen MR) is 103 cm³/mol. The maximum absolute atomic E-state index is 13.2. The highest BCUT2D eigenvalue weighted by Gasteiger charge is 2.28. The summed E-state index contributed by atoms with van der Waals surface area (Å²) in [4.78, 5) is 12.3. The molecule has 1 atom stereocenters. The number of rotatable bonds is 5. The van der Waals surface area contributed by atoms with Crippen molar-refractivity contribution in [3.63, 3.8) is 0 Å². The van der Waals surface area contributed by atoms with E-state index in [1.165, 1.54) is 24.3 Å². The predicted octanol–water partition coefficient (Wildman–Crippen LogP) is 3.03. The highest BCUT2D eigenvalue weighted by Crippen LogP contribution is 2.29. The summed E-state index contributed by atoms with van der Waals surface area (Å²) in [6.07, 6.45) is -1.16. The van der Waals surface area contributed by atoms with Crippen LogP contribution in [0.5, 0.6) is 0 Å². The molecule has 1 aliphatic heterocycles. The number of amidine groups is 1. The third-order valence-electron chi connectivity index (χ3n) is 3.83. The van der Waals surface area contributed by atoms with Crippen LogP contribution in [0.3, 0.4) is 0 Å². The quantitative estimate of drug-likeness (QED) is 0.632. The number of aliphatic hydroxyl groups excluding tert-OH is 1. The molecule has 0 aromatic heterocycles. The van der Waals surface area contributed by atoms with Gasteiger partial charge in [0.15, 0.2) is 11.6 Å². The first-order valence-corrected chi connectivity index (χ1v) is 10.2. The van der Waals surface area contributed by atoms with Crippen molar-refractivity contribution in [2.24, 2.45) is 4.40 Å². The lowest BCUT2D eigenvalue weighted by atomic mass is 10.0. The van der Waals surface area contributed by atoms with Gasteiger partial charge in [0.2, 0.25) is 0 Å². The van der Waals surface area contributed by atoms with E-state index in [9.17, 15) is 22.7 Å². The maximum atomic E-state index is 13.2. The number of sulfonamides is 1. The molecule has 9 heteroatoms. The second-order valence-corrected chi connectivity index (χ2v) is 8.53. The smallest absolute Gasteiger partial charge is 0.286 e. The molecule has 0 saturated carbocycles. The fraction of sp³-hybridized carbons (Fsp3) is 0.176. The van der Waals surface area contributed by atoms with Crippen molar-refractivity contribution < 1.29 is 22.7 Å². The molecule has 1 aliphatic rings. The molecule has 0 bridgehead atoms. The number of benzene rings is 2. The van der Waals surface area contributed by atoms with Crippen molar-refractivity contribution in [3.8, 4) is 0 Å². The van der Waals surface area contributed by atoms with Crippen LogP contribution in [0.15, 0.2) is 51.8 Å². The number of fused-ring (bicyclic) bond motifs is 1. The minimum Gasteiger partial charge on any atom is -0.388 e. The van der Waals surface area contributed by atoms with Gasteiger partial charge in [0.1, 0.15) is 10.7 Å². The van der Waals surface area contributed by atoms with Gasteiger partial charge < -0.3 is 10.4 Å². The van der Waals surface area contributed by atoms with Crippen LogP contribution in [0, 0.1) is 9.39 Å². The zero-order valence-electron chi connectivity index (χ0n) is 13.3. The molecule has 0 amide bonds. The van der Waals surface area contributed by atoms with Gasteiger partial charge in [0.25, 0.3) is 10.0 Å². The Morgan fingerprint density at radius 3 is 2.77 bits per heavy atom. The summed E-state index contributed by atoms with van der Waals surface area (Å²) < 4.78 is 42.0. The van der Waals surface area contributed by atoms with Gasteiger partial charge in [-0.15, -0.1) is 4.40 Å². The maximum Gasteiger partial charge on any atom is 0.286 e. The monoisotopic (exact) mass is 488 g/mol. The molecule has 0 aliphatic carbocycles. The summed E-state index contributed by atoms with van der Waals surface area (Å²) in [6, 6.07) is 10.2. The molecule has 0 radical (unpaired) electrons. The van der Waals surface area contributed by atoms with Crippen LogP contribution in [0.25, 0.3) is 0 Å². The lowest BCUT2D eigenvalue weighted by molar-refractivity contribution is -0.113. The van der Waals surface area contributed by atoms with E-state index in [2.05, 4.69) is 9.71 Å². The summed E-state index contributed by atoms with van der Waals surface area (Å²) in [5, 5.41) is 12.8. The Bertz CT molecular complexity index is 1010. The van der Waals surface area contributed by atoms with E-state index in [0.717, 1.165) is 3.57 Å². The van der Waals surface area contributed by atoms with Gasteiger partial charge in [-0.05, 0) is 64.9 Å². The van der Waals surface area contributed by atoms with Gasteiger partial charge in [0, 0.05) is 9.99 Å². The number of aliphatic hydroxyl groups is 1. The molecule has 0 spiro atoms. The number of hydrogen-bond donors (Lipinski definition) is 2. The van der Waals surface area contributed by atoms with Crippen LogP contribution in [0.1, 0.15) is 24.5 Å². The zero-order valence-corrected chi connectivity index (χ0v) is 16.3. The average Bonchev–Trinajstić information content (AvgIpc) is 2.59. The molecular weight excluding hydrogens is 474 g/mol. The number of nitrogens with zero attached hydrogens (tertiary/aromatic N) is 1. The lowest BCUT2D eigenvalue weighted by Crippen LogP contribution is -2.29. The highest BCUT2D eigenvalue weighted by atomic mass is 127. The number of anilines is 1. The number of halogens is 2. The van der Waals surface area contributed by atoms with Crippen molar-refractivity contribution in [2.75, 3.05) is 5.32 Å². The van der Waals surface area contributed by atoms with Crippen molar-refractivity contribution in [1.82, 2.24) is 0 Å². The van der Waals surface area contributed by atoms with Gasteiger partial charge in [-0.3, -0.25) is 4.79 Å². The van der Waals surface area contributed by atoms with Crippen molar-refractivity contribution >= 4 is 49.9 Å². The number of ketones is 1. The average molecular weight is 488 g/mol. The van der Waals surface area contributed by atoms with Gasteiger partial charge in [-0.1, -0.05) is 12.1 Å². The van der Waals surface area contributed by atoms with E-state index in [4.69, 9.17) is 0 Å². The third kappa shape index (κ3) is 4.10. The number of carbonyl (C=O) groups is 1. The largest absolute Gasteiger partial charge is 0.388 e. The highest BCUT2D eigenvalue weighted by molar-refractivity contribution is 14.1. The molecule has 3 rings (SSSR count). The van der Waals surface area contributed by atoms with Gasteiger partial charge in [-0.2, -0.15) is 8.42 Å². The first-order chi connectivity index (χ1) is 12.3. The second kappa shape index (κ2) is 7.41. The van der Waals surface area contributed by atoms with Crippen LogP contribution in [-0.2, 0) is 14.8 Å². The minimum atomic E-state index is -3.97. The minimum absolute atomic E-state index is 0.0146. The molecule has 1 heterocycles. The summed E-state index contributed by atoms with van der Waals surface area (Å²) in [7, 11) is -3.97. The fourth-order valence-corrected chi connectivity index (χ4v) is 4.38. The molecule has 1 unspecified atom stereocenters. The molecule has 0 fully saturated rings. The van der Waals surface area contributed by atoms with Crippen molar-refractivity contribution in [2.45, 2.75) is 23.8 Å². The van der Waals surface area contributed by atoms with Crippen LogP contribution >= 0.6 is 22.6 Å².